The number of rotatable bonds is 2. The van der Waals surface area contributed by atoms with E-state index in [4.69, 9.17) is 0 Å². The van der Waals surface area contributed by atoms with Gasteiger partial charge in [-0.1, -0.05) is 13.3 Å². The summed E-state index contributed by atoms with van der Waals surface area (Å²) < 4.78 is 0. The molecule has 2 saturated heterocycles. The van der Waals surface area contributed by atoms with E-state index in [0.29, 0.717) is 5.91 Å². The SMILES string of the molecule is CCC1CCCN(C(=O)C2CSCN2)CC1.Cl. The number of nitrogens with one attached hydrogen (secondary N) is 1. The summed E-state index contributed by atoms with van der Waals surface area (Å²) in [6.45, 7) is 4.20. The monoisotopic (exact) mass is 278 g/mol. The van der Waals surface area contributed by atoms with E-state index in [1.807, 2.05) is 11.8 Å². The van der Waals surface area contributed by atoms with E-state index in [1.165, 1.54) is 25.7 Å². The van der Waals surface area contributed by atoms with Gasteiger partial charge in [-0.3, -0.25) is 10.1 Å². The maximum atomic E-state index is 12.2. The van der Waals surface area contributed by atoms with Crippen LogP contribution in [0.1, 0.15) is 32.6 Å². The minimum Gasteiger partial charge on any atom is -0.341 e. The van der Waals surface area contributed by atoms with Gasteiger partial charge in [0.05, 0.1) is 6.04 Å². The van der Waals surface area contributed by atoms with Crippen LogP contribution < -0.4 is 5.32 Å². The molecule has 0 radical (unpaired) electrons. The number of hydrogen-bond donors (Lipinski definition) is 1. The van der Waals surface area contributed by atoms with Crippen molar-refractivity contribution in [2.24, 2.45) is 5.92 Å². The highest BCUT2D eigenvalue weighted by Crippen LogP contribution is 2.21. The molecule has 2 aliphatic rings. The molecular formula is C12H23ClN2OS. The summed E-state index contributed by atoms with van der Waals surface area (Å²) in [7, 11) is 0. The summed E-state index contributed by atoms with van der Waals surface area (Å²) in [5.74, 6) is 3.06. The van der Waals surface area contributed by atoms with Crippen molar-refractivity contribution < 1.29 is 4.79 Å². The van der Waals surface area contributed by atoms with Gasteiger partial charge in [-0.05, 0) is 25.2 Å². The number of likely N-dealkylation sites (tertiary alicyclic amines) is 1. The average molecular weight is 279 g/mol. The van der Waals surface area contributed by atoms with Crippen LogP contribution in [-0.2, 0) is 4.79 Å². The van der Waals surface area contributed by atoms with Crippen LogP contribution in [0.3, 0.4) is 0 Å². The van der Waals surface area contributed by atoms with Crippen LogP contribution >= 0.6 is 24.2 Å². The predicted octanol–water partition coefficient (Wildman–Crippen LogP) is 2.11. The Morgan fingerprint density at radius 3 is 2.88 bits per heavy atom. The highest BCUT2D eigenvalue weighted by atomic mass is 35.5. The van der Waals surface area contributed by atoms with Gasteiger partial charge in [0.1, 0.15) is 0 Å². The first-order chi connectivity index (χ1) is 7.81. The molecule has 0 aromatic carbocycles. The lowest BCUT2D eigenvalue weighted by Gasteiger charge is -2.23. The zero-order valence-electron chi connectivity index (χ0n) is 10.5. The topological polar surface area (TPSA) is 32.3 Å². The first-order valence-corrected chi connectivity index (χ1v) is 7.56. The Bertz CT molecular complexity index is 247. The lowest BCUT2D eigenvalue weighted by molar-refractivity contribution is -0.132. The molecule has 0 aromatic heterocycles. The van der Waals surface area contributed by atoms with Gasteiger partial charge in [0, 0.05) is 24.7 Å². The molecule has 3 nitrogen and oxygen atoms in total. The lowest BCUT2D eigenvalue weighted by Crippen LogP contribution is -2.45. The number of carbonyl (C=O) groups excluding carboxylic acids is 1. The van der Waals surface area contributed by atoms with Crippen LogP contribution in [0.2, 0.25) is 0 Å². The second-order valence-corrected chi connectivity index (χ2v) is 5.83. The van der Waals surface area contributed by atoms with Gasteiger partial charge in [0.15, 0.2) is 0 Å². The number of carbonyl (C=O) groups is 1. The van der Waals surface area contributed by atoms with E-state index in [1.54, 1.807) is 0 Å². The van der Waals surface area contributed by atoms with Crippen LogP contribution in [0.5, 0.6) is 0 Å². The Morgan fingerprint density at radius 1 is 1.41 bits per heavy atom. The quantitative estimate of drug-likeness (QED) is 0.840. The van der Waals surface area contributed by atoms with Crippen molar-refractivity contribution in [3.8, 4) is 0 Å². The van der Waals surface area contributed by atoms with Crippen LogP contribution in [0.25, 0.3) is 0 Å². The molecule has 1 amide bonds. The average Bonchev–Trinajstić information content (AvgIpc) is 2.73. The van der Waals surface area contributed by atoms with Gasteiger partial charge in [-0.15, -0.1) is 24.2 Å². The van der Waals surface area contributed by atoms with Crippen LogP contribution in [-0.4, -0.2) is 41.6 Å². The van der Waals surface area contributed by atoms with Gasteiger partial charge in [-0.2, -0.15) is 0 Å². The number of thioether (sulfide) groups is 1. The Balaban J connectivity index is 0.00000144. The fourth-order valence-corrected chi connectivity index (χ4v) is 3.50. The van der Waals surface area contributed by atoms with E-state index < -0.39 is 0 Å². The standard InChI is InChI=1S/C12H22N2OS.ClH/c1-2-10-4-3-6-14(7-5-10)12(15)11-8-16-9-13-11;/h10-11,13H,2-9H2,1H3;1H. The molecule has 5 heteroatoms. The Kier molecular flexibility index (Phi) is 6.67. The summed E-state index contributed by atoms with van der Waals surface area (Å²) in [6, 6.07) is 0.0863. The van der Waals surface area contributed by atoms with Crippen molar-refractivity contribution in [2.75, 3.05) is 24.7 Å². The second-order valence-electron chi connectivity index (χ2n) is 4.80. The smallest absolute Gasteiger partial charge is 0.240 e. The number of hydrogen-bond acceptors (Lipinski definition) is 3. The molecule has 0 bridgehead atoms. The van der Waals surface area contributed by atoms with Crippen LogP contribution in [0, 0.1) is 5.92 Å². The van der Waals surface area contributed by atoms with Gasteiger partial charge in [0.2, 0.25) is 5.91 Å². The highest BCUT2D eigenvalue weighted by molar-refractivity contribution is 7.99. The summed E-state index contributed by atoms with van der Waals surface area (Å²) in [5.41, 5.74) is 0. The van der Waals surface area contributed by atoms with Crippen molar-refractivity contribution in [2.45, 2.75) is 38.6 Å². The Morgan fingerprint density at radius 2 is 2.24 bits per heavy atom. The fourth-order valence-electron chi connectivity index (χ4n) is 2.57. The second kappa shape index (κ2) is 7.49. The zero-order chi connectivity index (χ0) is 11.4. The Hall–Kier alpha value is 0.0700. The van der Waals surface area contributed by atoms with E-state index in [0.717, 1.165) is 30.6 Å². The third-order valence-corrected chi connectivity index (χ3v) is 4.69. The van der Waals surface area contributed by atoms with E-state index in [9.17, 15) is 4.79 Å². The molecular weight excluding hydrogens is 256 g/mol. The van der Waals surface area contributed by atoms with E-state index in [-0.39, 0.29) is 18.4 Å². The van der Waals surface area contributed by atoms with Gasteiger partial charge in [-0.25, -0.2) is 0 Å². The van der Waals surface area contributed by atoms with Crippen molar-refractivity contribution in [3.05, 3.63) is 0 Å². The maximum Gasteiger partial charge on any atom is 0.240 e. The van der Waals surface area contributed by atoms with Crippen molar-refractivity contribution in [3.63, 3.8) is 0 Å². The normalized spacial score (nSPS) is 29.6. The van der Waals surface area contributed by atoms with Crippen molar-refractivity contribution >= 4 is 30.1 Å². The summed E-state index contributed by atoms with van der Waals surface area (Å²) in [4.78, 5) is 14.3. The largest absolute Gasteiger partial charge is 0.341 e. The maximum absolute atomic E-state index is 12.2. The molecule has 0 saturated carbocycles. The first kappa shape index (κ1) is 15.1. The van der Waals surface area contributed by atoms with Crippen molar-refractivity contribution in [1.29, 1.82) is 0 Å². The van der Waals surface area contributed by atoms with Crippen LogP contribution in [0.4, 0.5) is 0 Å². The molecule has 2 unspecified atom stereocenters. The molecule has 2 fully saturated rings. The molecule has 2 aliphatic heterocycles. The molecule has 0 spiro atoms. The van der Waals surface area contributed by atoms with Crippen LogP contribution in [0.15, 0.2) is 0 Å². The minimum absolute atomic E-state index is 0. The highest BCUT2D eigenvalue weighted by Gasteiger charge is 2.28. The number of halogens is 1. The predicted molar refractivity (Wildman–Crippen MR) is 75.7 cm³/mol. The molecule has 2 heterocycles. The van der Waals surface area contributed by atoms with Crippen molar-refractivity contribution in [1.82, 2.24) is 10.2 Å². The summed E-state index contributed by atoms with van der Waals surface area (Å²) >= 11 is 1.83. The molecule has 17 heavy (non-hydrogen) atoms. The minimum atomic E-state index is 0. The molecule has 0 aromatic rings. The number of nitrogens with zero attached hydrogens (tertiary/aromatic N) is 1. The Labute approximate surface area is 114 Å². The third-order valence-electron chi connectivity index (χ3n) is 3.75. The molecule has 1 N–H and O–H groups in total. The molecule has 100 valence electrons. The third kappa shape index (κ3) is 4.04. The first-order valence-electron chi connectivity index (χ1n) is 6.41. The van der Waals surface area contributed by atoms with Gasteiger partial charge < -0.3 is 4.90 Å². The zero-order valence-corrected chi connectivity index (χ0v) is 12.1. The molecule has 2 rings (SSSR count). The summed E-state index contributed by atoms with van der Waals surface area (Å²) in [6.07, 6.45) is 4.94. The summed E-state index contributed by atoms with van der Waals surface area (Å²) in [5, 5.41) is 3.27. The van der Waals surface area contributed by atoms with E-state index >= 15 is 0 Å². The lowest BCUT2D eigenvalue weighted by atomic mass is 9.98. The molecule has 0 aliphatic carbocycles. The number of amides is 1. The fraction of sp³-hybridized carbons (Fsp3) is 0.917. The molecule has 2 atom stereocenters. The van der Waals surface area contributed by atoms with Gasteiger partial charge >= 0.3 is 0 Å². The van der Waals surface area contributed by atoms with Gasteiger partial charge in [0.25, 0.3) is 0 Å². The van der Waals surface area contributed by atoms with E-state index in [2.05, 4.69) is 17.1 Å².